The minimum absolute atomic E-state index is 0.426. The molecular formula is C20H25N5. The molecule has 0 aliphatic heterocycles. The fourth-order valence-electron chi connectivity index (χ4n) is 3.18. The minimum atomic E-state index is -0.426. The molecule has 0 atom stereocenters. The first kappa shape index (κ1) is 17.1. The highest BCUT2D eigenvalue weighted by molar-refractivity contribution is 5.50. The number of hydrogen-bond donors (Lipinski definition) is 1. The van der Waals surface area contributed by atoms with Crippen LogP contribution in [0.25, 0.3) is 5.69 Å². The van der Waals surface area contributed by atoms with E-state index in [4.69, 9.17) is 0 Å². The van der Waals surface area contributed by atoms with Crippen LogP contribution in [-0.4, -0.2) is 20.2 Å². The molecule has 0 radical (unpaired) electrons. The van der Waals surface area contributed by atoms with Gasteiger partial charge in [-0.2, -0.15) is 4.68 Å². The number of aromatic nitrogens is 4. The molecule has 5 nitrogen and oxygen atoms in total. The summed E-state index contributed by atoms with van der Waals surface area (Å²) in [5.41, 5.74) is 5.32. The predicted molar refractivity (Wildman–Crippen MR) is 101 cm³/mol. The van der Waals surface area contributed by atoms with Crippen LogP contribution in [-0.2, 0) is 12.0 Å². The Morgan fingerprint density at radius 2 is 1.84 bits per heavy atom. The Kier molecular flexibility index (Phi) is 4.57. The van der Waals surface area contributed by atoms with Gasteiger partial charge in [0.2, 0.25) is 0 Å². The molecular weight excluding hydrogens is 310 g/mol. The third-order valence-corrected chi connectivity index (χ3v) is 4.42. The van der Waals surface area contributed by atoms with Crippen LogP contribution in [0, 0.1) is 13.8 Å². The first-order chi connectivity index (χ1) is 11.9. The highest BCUT2D eigenvalue weighted by atomic mass is 15.6. The minimum Gasteiger partial charge on any atom is -0.373 e. The smallest absolute Gasteiger partial charge is 0.181 e. The Labute approximate surface area is 149 Å². The average molecular weight is 335 g/mol. The normalized spacial score (nSPS) is 11.6. The lowest BCUT2D eigenvalue weighted by atomic mass is 10.0. The molecule has 5 heteroatoms. The van der Waals surface area contributed by atoms with Crippen LogP contribution < -0.4 is 5.32 Å². The van der Waals surface area contributed by atoms with Crippen LogP contribution in [0.1, 0.15) is 43.3 Å². The van der Waals surface area contributed by atoms with Gasteiger partial charge in [-0.05, 0) is 73.4 Å². The average Bonchev–Trinajstić information content (AvgIpc) is 3.04. The summed E-state index contributed by atoms with van der Waals surface area (Å²) in [4.78, 5) is 0. The fraction of sp³-hybridized carbons (Fsp3) is 0.350. The van der Waals surface area contributed by atoms with Gasteiger partial charge in [0.25, 0.3) is 0 Å². The maximum absolute atomic E-state index is 4.34. The van der Waals surface area contributed by atoms with Gasteiger partial charge in [-0.15, -0.1) is 5.10 Å². The maximum atomic E-state index is 4.34. The van der Waals surface area contributed by atoms with E-state index in [1.54, 1.807) is 0 Å². The molecule has 0 amide bonds. The standard InChI is InChI=1S/C20H25N5/c1-6-16-11-8-10-15(3)18(16)25-19(22-23-24-25)20(4,5)21-17-12-7-9-14(2)13-17/h7-13,21H,6H2,1-5H3. The van der Waals surface area contributed by atoms with Crippen molar-refractivity contribution >= 4 is 5.69 Å². The van der Waals surface area contributed by atoms with Crippen molar-refractivity contribution in [2.45, 2.75) is 46.6 Å². The molecule has 0 saturated heterocycles. The number of aryl methyl sites for hydroxylation is 3. The number of anilines is 1. The number of para-hydroxylation sites is 1. The third-order valence-electron chi connectivity index (χ3n) is 4.42. The first-order valence-electron chi connectivity index (χ1n) is 8.65. The van der Waals surface area contributed by atoms with Crippen molar-refractivity contribution in [1.29, 1.82) is 0 Å². The lowest BCUT2D eigenvalue weighted by molar-refractivity contribution is 0.540. The highest BCUT2D eigenvalue weighted by Crippen LogP contribution is 2.28. The molecule has 0 aliphatic carbocycles. The van der Waals surface area contributed by atoms with Gasteiger partial charge in [-0.3, -0.25) is 0 Å². The molecule has 0 fully saturated rings. The zero-order valence-electron chi connectivity index (χ0n) is 15.5. The second-order valence-corrected chi connectivity index (χ2v) is 6.97. The van der Waals surface area contributed by atoms with Crippen molar-refractivity contribution in [1.82, 2.24) is 20.2 Å². The van der Waals surface area contributed by atoms with Crippen molar-refractivity contribution in [2.24, 2.45) is 0 Å². The van der Waals surface area contributed by atoms with Crippen molar-refractivity contribution < 1.29 is 0 Å². The van der Waals surface area contributed by atoms with Crippen molar-refractivity contribution in [2.75, 3.05) is 5.32 Å². The fourth-order valence-corrected chi connectivity index (χ4v) is 3.18. The molecule has 25 heavy (non-hydrogen) atoms. The van der Waals surface area contributed by atoms with E-state index in [0.717, 1.165) is 23.6 Å². The van der Waals surface area contributed by atoms with E-state index in [0.29, 0.717) is 0 Å². The maximum Gasteiger partial charge on any atom is 0.181 e. The Bertz CT molecular complexity index is 879. The Hall–Kier alpha value is -2.69. The van der Waals surface area contributed by atoms with E-state index in [1.165, 1.54) is 16.7 Å². The van der Waals surface area contributed by atoms with Crippen molar-refractivity contribution in [3.8, 4) is 5.69 Å². The SMILES string of the molecule is CCc1cccc(C)c1-n1nnnc1C(C)(C)Nc1cccc(C)c1. The van der Waals surface area contributed by atoms with E-state index < -0.39 is 5.54 Å². The summed E-state index contributed by atoms with van der Waals surface area (Å²) in [7, 11) is 0. The van der Waals surface area contributed by atoms with Gasteiger partial charge in [0, 0.05) is 5.69 Å². The lowest BCUT2D eigenvalue weighted by Crippen LogP contribution is -2.32. The number of tetrazole rings is 1. The zero-order chi connectivity index (χ0) is 18.0. The van der Waals surface area contributed by atoms with Gasteiger partial charge in [-0.25, -0.2) is 0 Å². The Morgan fingerprint density at radius 3 is 2.56 bits per heavy atom. The number of benzene rings is 2. The van der Waals surface area contributed by atoms with Crippen LogP contribution in [0.2, 0.25) is 0 Å². The van der Waals surface area contributed by atoms with Crippen molar-refractivity contribution in [3.63, 3.8) is 0 Å². The van der Waals surface area contributed by atoms with Gasteiger partial charge in [0.05, 0.1) is 11.2 Å². The summed E-state index contributed by atoms with van der Waals surface area (Å²) in [6, 6.07) is 14.6. The first-order valence-corrected chi connectivity index (χ1v) is 8.65. The second-order valence-electron chi connectivity index (χ2n) is 6.97. The Balaban J connectivity index is 2.04. The molecule has 1 aromatic heterocycles. The van der Waals surface area contributed by atoms with Crippen molar-refractivity contribution in [3.05, 3.63) is 65.0 Å². The van der Waals surface area contributed by atoms with Gasteiger partial charge in [0.1, 0.15) is 0 Å². The largest absolute Gasteiger partial charge is 0.373 e. The van der Waals surface area contributed by atoms with Crippen LogP contribution >= 0.6 is 0 Å². The van der Waals surface area contributed by atoms with E-state index in [9.17, 15) is 0 Å². The number of rotatable bonds is 5. The topological polar surface area (TPSA) is 55.6 Å². The van der Waals surface area contributed by atoms with Gasteiger partial charge in [0.15, 0.2) is 5.82 Å². The van der Waals surface area contributed by atoms with E-state index in [2.05, 4.69) is 91.9 Å². The summed E-state index contributed by atoms with van der Waals surface area (Å²) >= 11 is 0. The molecule has 1 heterocycles. The quantitative estimate of drug-likeness (QED) is 0.759. The van der Waals surface area contributed by atoms with E-state index in [-0.39, 0.29) is 0 Å². The summed E-state index contributed by atoms with van der Waals surface area (Å²) in [6.07, 6.45) is 0.933. The van der Waals surface area contributed by atoms with Gasteiger partial charge in [-0.1, -0.05) is 37.3 Å². The molecule has 0 saturated carbocycles. The third kappa shape index (κ3) is 3.40. The summed E-state index contributed by atoms with van der Waals surface area (Å²) in [5.74, 6) is 0.790. The van der Waals surface area contributed by atoms with Crippen LogP contribution in [0.15, 0.2) is 42.5 Å². The summed E-state index contributed by atoms with van der Waals surface area (Å²) < 4.78 is 1.87. The number of nitrogens with zero attached hydrogens (tertiary/aromatic N) is 4. The number of nitrogens with one attached hydrogen (secondary N) is 1. The molecule has 3 aromatic rings. The molecule has 0 bridgehead atoms. The highest BCUT2D eigenvalue weighted by Gasteiger charge is 2.29. The lowest BCUT2D eigenvalue weighted by Gasteiger charge is -2.27. The summed E-state index contributed by atoms with van der Waals surface area (Å²) in [5, 5.41) is 16.2. The van der Waals surface area contributed by atoms with Gasteiger partial charge >= 0.3 is 0 Å². The number of hydrogen-bond acceptors (Lipinski definition) is 4. The summed E-state index contributed by atoms with van der Waals surface area (Å²) in [6.45, 7) is 10.5. The zero-order valence-corrected chi connectivity index (χ0v) is 15.5. The van der Waals surface area contributed by atoms with E-state index >= 15 is 0 Å². The molecule has 130 valence electrons. The monoisotopic (exact) mass is 335 g/mol. The van der Waals surface area contributed by atoms with E-state index in [1.807, 2.05) is 10.7 Å². The molecule has 2 aromatic carbocycles. The van der Waals surface area contributed by atoms with Gasteiger partial charge < -0.3 is 5.32 Å². The predicted octanol–water partition coefficient (Wildman–Crippen LogP) is 4.19. The second kappa shape index (κ2) is 6.67. The molecule has 0 spiro atoms. The molecule has 0 aliphatic rings. The Morgan fingerprint density at radius 1 is 1.08 bits per heavy atom. The molecule has 3 rings (SSSR count). The van der Waals surface area contributed by atoms with Crippen LogP contribution in [0.3, 0.4) is 0 Å². The van der Waals surface area contributed by atoms with Crippen LogP contribution in [0.4, 0.5) is 5.69 Å². The molecule has 1 N–H and O–H groups in total. The van der Waals surface area contributed by atoms with Crippen LogP contribution in [0.5, 0.6) is 0 Å². The molecule has 0 unspecified atom stereocenters.